The van der Waals surface area contributed by atoms with E-state index in [2.05, 4.69) is 0 Å². The average molecular weight is 335 g/mol. The van der Waals surface area contributed by atoms with Gasteiger partial charge in [-0.25, -0.2) is 4.39 Å². The normalized spacial score (nSPS) is 11.7. The largest absolute Gasteiger partial charge is 0.419 e. The monoisotopic (exact) mass is 335 g/mol. The number of halogens is 4. The molecule has 1 aromatic rings. The van der Waals surface area contributed by atoms with E-state index >= 15 is 0 Å². The summed E-state index contributed by atoms with van der Waals surface area (Å²) in [6.45, 7) is 0.537. The zero-order valence-electron chi connectivity index (χ0n) is 12.8. The van der Waals surface area contributed by atoms with Crippen LogP contribution in [0.3, 0.4) is 0 Å². The van der Waals surface area contributed by atoms with Crippen LogP contribution in [0, 0.1) is 5.82 Å². The first-order chi connectivity index (χ1) is 10.8. The van der Waals surface area contributed by atoms with Crippen molar-refractivity contribution in [3.8, 4) is 0 Å². The second kappa shape index (κ2) is 9.50. The van der Waals surface area contributed by atoms with Crippen LogP contribution >= 0.6 is 0 Å². The Hall–Kier alpha value is -1.63. The van der Waals surface area contributed by atoms with E-state index in [4.69, 9.17) is 10.5 Å². The van der Waals surface area contributed by atoms with Crippen LogP contribution in [0.5, 0.6) is 0 Å². The van der Waals surface area contributed by atoms with E-state index in [9.17, 15) is 22.4 Å². The van der Waals surface area contributed by atoms with Crippen molar-refractivity contribution in [2.45, 2.75) is 51.3 Å². The second-order valence-corrected chi connectivity index (χ2v) is 5.35. The summed E-state index contributed by atoms with van der Waals surface area (Å²) in [5, 5.41) is 0. The first-order valence-electron chi connectivity index (χ1n) is 7.52. The van der Waals surface area contributed by atoms with Crippen molar-refractivity contribution in [1.82, 2.24) is 0 Å². The highest BCUT2D eigenvalue weighted by molar-refractivity contribution is 5.73. The average Bonchev–Trinajstić information content (AvgIpc) is 2.44. The molecule has 0 radical (unpaired) electrons. The molecule has 1 rings (SSSR count). The van der Waals surface area contributed by atoms with Gasteiger partial charge in [-0.3, -0.25) is 4.79 Å². The summed E-state index contributed by atoms with van der Waals surface area (Å²) in [6, 6.07) is 2.80. The van der Waals surface area contributed by atoms with E-state index in [1.165, 1.54) is 6.07 Å². The smallest absolute Gasteiger partial charge is 0.377 e. The summed E-state index contributed by atoms with van der Waals surface area (Å²) in [5.74, 6) is -1.58. The lowest BCUT2D eigenvalue weighted by atomic mass is 10.1. The standard InChI is InChI=1S/C16H21F4NO2/c17-14-10-12(7-8-13(14)16(18,19)20)11-23-9-5-3-1-2-4-6-15(21)22/h7-8,10H,1-6,9,11H2,(H2,21,22). The predicted octanol–water partition coefficient (Wildman–Crippen LogP) is 4.19. The van der Waals surface area contributed by atoms with Gasteiger partial charge in [0.2, 0.25) is 5.91 Å². The molecule has 130 valence electrons. The van der Waals surface area contributed by atoms with Gasteiger partial charge in [0.25, 0.3) is 0 Å². The number of hydrogen-bond acceptors (Lipinski definition) is 2. The van der Waals surface area contributed by atoms with E-state index in [1.807, 2.05) is 0 Å². The Labute approximate surface area is 132 Å². The topological polar surface area (TPSA) is 52.3 Å². The van der Waals surface area contributed by atoms with Crippen LogP contribution in [-0.4, -0.2) is 12.5 Å². The number of rotatable bonds is 10. The molecule has 7 heteroatoms. The van der Waals surface area contributed by atoms with E-state index < -0.39 is 17.6 Å². The molecule has 0 aliphatic heterocycles. The minimum Gasteiger partial charge on any atom is -0.377 e. The van der Waals surface area contributed by atoms with Gasteiger partial charge in [0.1, 0.15) is 5.82 Å². The lowest BCUT2D eigenvalue weighted by Gasteiger charge is -2.10. The summed E-state index contributed by atoms with van der Waals surface area (Å²) in [7, 11) is 0. The predicted molar refractivity (Wildman–Crippen MR) is 78.0 cm³/mol. The molecule has 0 heterocycles. The molecule has 0 saturated heterocycles. The van der Waals surface area contributed by atoms with Crippen molar-refractivity contribution in [3.63, 3.8) is 0 Å². The summed E-state index contributed by atoms with van der Waals surface area (Å²) in [4.78, 5) is 10.5. The number of primary amides is 1. The third kappa shape index (κ3) is 7.97. The van der Waals surface area contributed by atoms with Crippen LogP contribution in [0.2, 0.25) is 0 Å². The minimum atomic E-state index is -4.68. The zero-order chi connectivity index (χ0) is 17.3. The van der Waals surface area contributed by atoms with Crippen LogP contribution in [0.1, 0.15) is 49.7 Å². The van der Waals surface area contributed by atoms with E-state index in [1.54, 1.807) is 0 Å². The molecule has 0 saturated carbocycles. The first kappa shape index (κ1) is 19.4. The number of amides is 1. The summed E-state index contributed by atoms with van der Waals surface area (Å²) < 4.78 is 55.9. The van der Waals surface area contributed by atoms with Crippen molar-refractivity contribution < 1.29 is 27.1 Å². The third-order valence-electron chi connectivity index (χ3n) is 3.32. The van der Waals surface area contributed by atoms with Crippen LogP contribution < -0.4 is 5.73 Å². The molecule has 0 aromatic heterocycles. The van der Waals surface area contributed by atoms with Gasteiger partial charge >= 0.3 is 6.18 Å². The van der Waals surface area contributed by atoms with E-state index in [0.717, 1.165) is 44.2 Å². The number of carbonyl (C=O) groups is 1. The highest BCUT2D eigenvalue weighted by Gasteiger charge is 2.33. The summed E-state index contributed by atoms with van der Waals surface area (Å²) >= 11 is 0. The van der Waals surface area contributed by atoms with Crippen molar-refractivity contribution in [2.75, 3.05) is 6.61 Å². The number of nitrogens with two attached hydrogens (primary N) is 1. The van der Waals surface area contributed by atoms with Crippen molar-refractivity contribution in [3.05, 3.63) is 35.1 Å². The fraction of sp³-hybridized carbons (Fsp3) is 0.562. The van der Waals surface area contributed by atoms with Gasteiger partial charge in [-0.05, 0) is 30.5 Å². The van der Waals surface area contributed by atoms with Crippen molar-refractivity contribution >= 4 is 5.91 Å². The van der Waals surface area contributed by atoms with Crippen LogP contribution in [0.25, 0.3) is 0 Å². The molecule has 3 nitrogen and oxygen atoms in total. The minimum absolute atomic E-state index is 0.0801. The SMILES string of the molecule is NC(=O)CCCCCCCOCc1ccc(C(F)(F)F)c(F)c1. The molecular weight excluding hydrogens is 314 g/mol. The van der Waals surface area contributed by atoms with Crippen LogP contribution in [0.15, 0.2) is 18.2 Å². The molecule has 0 spiro atoms. The van der Waals surface area contributed by atoms with Gasteiger partial charge in [0, 0.05) is 13.0 Å². The molecule has 0 atom stereocenters. The maximum Gasteiger partial charge on any atom is 0.419 e. The fourth-order valence-corrected chi connectivity index (χ4v) is 2.10. The lowest BCUT2D eigenvalue weighted by Crippen LogP contribution is -2.09. The van der Waals surface area contributed by atoms with Crippen LogP contribution in [0.4, 0.5) is 17.6 Å². The lowest BCUT2D eigenvalue weighted by molar-refractivity contribution is -0.140. The summed E-state index contributed by atoms with van der Waals surface area (Å²) in [5.41, 5.74) is 4.13. The first-order valence-corrected chi connectivity index (χ1v) is 7.52. The number of benzene rings is 1. The van der Waals surface area contributed by atoms with E-state index in [0.29, 0.717) is 18.6 Å². The summed E-state index contributed by atoms with van der Waals surface area (Å²) in [6.07, 6.45) is 0.118. The second-order valence-electron chi connectivity index (χ2n) is 5.35. The molecule has 0 fully saturated rings. The number of alkyl halides is 3. The fourth-order valence-electron chi connectivity index (χ4n) is 2.10. The Morgan fingerprint density at radius 3 is 2.35 bits per heavy atom. The maximum atomic E-state index is 13.3. The molecule has 0 bridgehead atoms. The quantitative estimate of drug-likeness (QED) is 0.515. The molecule has 1 aromatic carbocycles. The third-order valence-corrected chi connectivity index (χ3v) is 3.32. The van der Waals surface area contributed by atoms with Gasteiger partial charge in [-0.2, -0.15) is 13.2 Å². The molecule has 2 N–H and O–H groups in total. The van der Waals surface area contributed by atoms with Gasteiger partial charge in [0.05, 0.1) is 12.2 Å². The van der Waals surface area contributed by atoms with Crippen molar-refractivity contribution in [1.29, 1.82) is 0 Å². The number of ether oxygens (including phenoxy) is 1. The molecular formula is C16H21F4NO2. The Balaban J connectivity index is 2.17. The van der Waals surface area contributed by atoms with E-state index in [-0.39, 0.29) is 12.5 Å². The molecule has 0 unspecified atom stereocenters. The molecule has 23 heavy (non-hydrogen) atoms. The van der Waals surface area contributed by atoms with Gasteiger partial charge in [-0.15, -0.1) is 0 Å². The van der Waals surface area contributed by atoms with Crippen LogP contribution in [-0.2, 0) is 22.3 Å². The van der Waals surface area contributed by atoms with Crippen molar-refractivity contribution in [2.24, 2.45) is 5.73 Å². The van der Waals surface area contributed by atoms with Gasteiger partial charge in [-0.1, -0.05) is 25.3 Å². The van der Waals surface area contributed by atoms with Gasteiger partial charge in [0.15, 0.2) is 0 Å². The number of hydrogen-bond donors (Lipinski definition) is 1. The number of unbranched alkanes of at least 4 members (excludes halogenated alkanes) is 4. The molecule has 0 aliphatic rings. The Morgan fingerprint density at radius 2 is 1.74 bits per heavy atom. The Bertz CT molecular complexity index is 503. The zero-order valence-corrected chi connectivity index (χ0v) is 12.8. The maximum absolute atomic E-state index is 13.3. The highest BCUT2D eigenvalue weighted by Crippen LogP contribution is 2.31. The number of carbonyl (C=O) groups excluding carboxylic acids is 1. The Morgan fingerprint density at radius 1 is 1.09 bits per heavy atom. The molecule has 1 amide bonds. The highest BCUT2D eigenvalue weighted by atomic mass is 19.4. The van der Waals surface area contributed by atoms with Gasteiger partial charge < -0.3 is 10.5 Å². The molecule has 0 aliphatic carbocycles. The Kier molecular flexibility index (Phi) is 8.02.